The maximum atomic E-state index is 12.4. The molecule has 0 saturated heterocycles. The fourth-order valence-electron chi connectivity index (χ4n) is 2.81. The predicted octanol–water partition coefficient (Wildman–Crippen LogP) is 4.83. The van der Waals surface area contributed by atoms with E-state index in [1.165, 1.54) is 4.90 Å². The van der Waals surface area contributed by atoms with Crippen LogP contribution in [0.15, 0.2) is 36.4 Å². The van der Waals surface area contributed by atoms with Crippen LogP contribution in [0.2, 0.25) is 0 Å². The Labute approximate surface area is 150 Å². The minimum absolute atomic E-state index is 0.0894. The van der Waals surface area contributed by atoms with Crippen molar-refractivity contribution in [3.63, 3.8) is 0 Å². The molecule has 0 heterocycles. The lowest BCUT2D eigenvalue weighted by Gasteiger charge is -2.25. The summed E-state index contributed by atoms with van der Waals surface area (Å²) in [5, 5.41) is 9.64. The Morgan fingerprint density at radius 2 is 1.72 bits per heavy atom. The quantitative estimate of drug-likeness (QED) is 0.869. The highest BCUT2D eigenvalue weighted by Crippen LogP contribution is 2.32. The van der Waals surface area contributed by atoms with Crippen molar-refractivity contribution in [1.82, 2.24) is 0 Å². The van der Waals surface area contributed by atoms with E-state index in [2.05, 4.69) is 26.0 Å². The van der Waals surface area contributed by atoms with Gasteiger partial charge in [-0.3, -0.25) is 4.90 Å². The molecule has 4 heteroatoms. The first-order valence-corrected chi connectivity index (χ1v) is 8.40. The summed E-state index contributed by atoms with van der Waals surface area (Å²) < 4.78 is 5.44. The molecular weight excluding hydrogens is 314 g/mol. The van der Waals surface area contributed by atoms with Crippen molar-refractivity contribution in [1.29, 1.82) is 0 Å². The zero-order valence-corrected chi connectivity index (χ0v) is 15.9. The second kappa shape index (κ2) is 7.28. The number of ether oxygens (including phenoxy) is 1. The molecule has 0 aliphatic heterocycles. The van der Waals surface area contributed by atoms with Crippen LogP contribution in [0, 0.1) is 13.8 Å². The maximum Gasteiger partial charge on any atom is 0.414 e. The number of carbonyl (C=O) groups is 1. The lowest BCUT2D eigenvalue weighted by molar-refractivity contribution is 0.0589. The van der Waals surface area contributed by atoms with Gasteiger partial charge in [0.05, 0.1) is 6.61 Å². The molecule has 0 spiro atoms. The lowest BCUT2D eigenvalue weighted by atomic mass is 9.94. The summed E-state index contributed by atoms with van der Waals surface area (Å²) in [6.07, 6.45) is -0.421. The highest BCUT2D eigenvalue weighted by Gasteiger charge is 2.21. The van der Waals surface area contributed by atoms with Crippen LogP contribution >= 0.6 is 0 Å². The standard InChI is InChI=1S/C21H27NO3/c1-14-8-7-9-15(2)19(14)17-10-16(13-23)11-18(12-17)22(6)20(24)25-21(3,4)5/h7-12,23H,13H2,1-6H3. The van der Waals surface area contributed by atoms with Gasteiger partial charge in [-0.2, -0.15) is 0 Å². The van der Waals surface area contributed by atoms with E-state index in [0.29, 0.717) is 5.69 Å². The van der Waals surface area contributed by atoms with E-state index in [-0.39, 0.29) is 6.61 Å². The largest absolute Gasteiger partial charge is 0.443 e. The molecule has 134 valence electrons. The summed E-state index contributed by atoms with van der Waals surface area (Å²) in [7, 11) is 1.68. The molecule has 2 rings (SSSR count). The number of aliphatic hydroxyl groups excluding tert-OH is 1. The van der Waals surface area contributed by atoms with Crippen LogP contribution < -0.4 is 4.90 Å². The van der Waals surface area contributed by atoms with Crippen LogP contribution in [0.1, 0.15) is 37.5 Å². The molecule has 0 aromatic heterocycles. The number of aliphatic hydroxyl groups is 1. The fourth-order valence-corrected chi connectivity index (χ4v) is 2.81. The van der Waals surface area contributed by atoms with Gasteiger partial charge in [-0.15, -0.1) is 0 Å². The molecule has 0 radical (unpaired) electrons. The summed E-state index contributed by atoms with van der Waals surface area (Å²) in [6, 6.07) is 11.9. The van der Waals surface area contributed by atoms with Crippen molar-refractivity contribution in [3.05, 3.63) is 53.1 Å². The number of amides is 1. The first-order chi connectivity index (χ1) is 11.6. The third-order valence-electron chi connectivity index (χ3n) is 3.98. The smallest absolute Gasteiger partial charge is 0.414 e. The van der Waals surface area contributed by atoms with Crippen LogP contribution in [0.4, 0.5) is 10.5 Å². The van der Waals surface area contributed by atoms with Crippen LogP contribution in [0.3, 0.4) is 0 Å². The summed E-state index contributed by atoms with van der Waals surface area (Å²) in [5.41, 5.74) is 5.30. The zero-order chi connectivity index (χ0) is 18.8. The summed E-state index contributed by atoms with van der Waals surface area (Å²) >= 11 is 0. The third-order valence-corrected chi connectivity index (χ3v) is 3.98. The van der Waals surface area contributed by atoms with Crippen LogP contribution in [-0.2, 0) is 11.3 Å². The summed E-state index contributed by atoms with van der Waals surface area (Å²) in [4.78, 5) is 13.9. The number of anilines is 1. The van der Waals surface area contributed by atoms with E-state index in [0.717, 1.165) is 27.8 Å². The second-order valence-electron chi connectivity index (χ2n) is 7.35. The van der Waals surface area contributed by atoms with Crippen LogP contribution in [-0.4, -0.2) is 23.8 Å². The van der Waals surface area contributed by atoms with E-state index >= 15 is 0 Å². The SMILES string of the molecule is Cc1cccc(C)c1-c1cc(CO)cc(N(C)C(=O)OC(C)(C)C)c1. The molecule has 1 N–H and O–H groups in total. The summed E-state index contributed by atoms with van der Waals surface area (Å²) in [6.45, 7) is 9.55. The monoisotopic (exact) mass is 341 g/mol. The molecule has 0 aliphatic carbocycles. The van der Waals surface area contributed by atoms with E-state index in [9.17, 15) is 9.90 Å². The fraction of sp³-hybridized carbons (Fsp3) is 0.381. The molecule has 0 saturated carbocycles. The molecule has 4 nitrogen and oxygen atoms in total. The topological polar surface area (TPSA) is 49.8 Å². The molecule has 2 aromatic rings. The highest BCUT2D eigenvalue weighted by molar-refractivity contribution is 5.89. The highest BCUT2D eigenvalue weighted by atomic mass is 16.6. The van der Waals surface area contributed by atoms with Gasteiger partial charge in [0, 0.05) is 12.7 Å². The number of hydrogen-bond donors (Lipinski definition) is 1. The first kappa shape index (κ1) is 19.0. The number of carbonyl (C=O) groups excluding carboxylic acids is 1. The first-order valence-electron chi connectivity index (χ1n) is 8.40. The van der Waals surface area contributed by atoms with Gasteiger partial charge < -0.3 is 9.84 Å². The predicted molar refractivity (Wildman–Crippen MR) is 102 cm³/mol. The number of hydrogen-bond acceptors (Lipinski definition) is 3. The third kappa shape index (κ3) is 4.60. The molecule has 1 amide bonds. The Kier molecular flexibility index (Phi) is 5.53. The minimum atomic E-state index is -0.560. The average Bonchev–Trinajstić information content (AvgIpc) is 2.52. The molecular formula is C21H27NO3. The zero-order valence-electron chi connectivity index (χ0n) is 15.9. The van der Waals surface area contributed by atoms with Crippen molar-refractivity contribution in [2.24, 2.45) is 0 Å². The molecule has 2 aromatic carbocycles. The molecule has 0 bridgehead atoms. The number of benzene rings is 2. The van der Waals surface area contributed by atoms with Crippen molar-refractivity contribution in [2.45, 2.75) is 46.8 Å². The van der Waals surface area contributed by atoms with Gasteiger partial charge in [0.1, 0.15) is 5.60 Å². The van der Waals surface area contributed by atoms with E-state index in [1.54, 1.807) is 13.1 Å². The van der Waals surface area contributed by atoms with Gasteiger partial charge >= 0.3 is 6.09 Å². The summed E-state index contributed by atoms with van der Waals surface area (Å²) in [5.74, 6) is 0. The lowest BCUT2D eigenvalue weighted by Crippen LogP contribution is -2.34. The molecule has 0 atom stereocenters. The Bertz CT molecular complexity index is 755. The van der Waals surface area contributed by atoms with Crippen molar-refractivity contribution >= 4 is 11.8 Å². The number of aryl methyl sites for hydroxylation is 2. The van der Waals surface area contributed by atoms with Crippen LogP contribution in [0.25, 0.3) is 11.1 Å². The van der Waals surface area contributed by atoms with E-state index in [4.69, 9.17) is 4.74 Å². The molecule has 0 aliphatic rings. The van der Waals surface area contributed by atoms with Crippen molar-refractivity contribution in [3.8, 4) is 11.1 Å². The van der Waals surface area contributed by atoms with Gasteiger partial charge in [0.25, 0.3) is 0 Å². The van der Waals surface area contributed by atoms with E-state index in [1.807, 2.05) is 39.0 Å². The van der Waals surface area contributed by atoms with Crippen molar-refractivity contribution < 1.29 is 14.6 Å². The Balaban J connectivity index is 2.49. The van der Waals surface area contributed by atoms with E-state index < -0.39 is 11.7 Å². The Morgan fingerprint density at radius 1 is 1.12 bits per heavy atom. The maximum absolute atomic E-state index is 12.4. The van der Waals surface area contributed by atoms with Gasteiger partial charge in [-0.05, 0) is 80.6 Å². The normalized spacial score (nSPS) is 11.3. The van der Waals surface area contributed by atoms with Gasteiger partial charge in [-0.1, -0.05) is 18.2 Å². The Hall–Kier alpha value is -2.33. The minimum Gasteiger partial charge on any atom is -0.443 e. The Morgan fingerprint density at radius 3 is 2.24 bits per heavy atom. The molecule has 0 fully saturated rings. The van der Waals surface area contributed by atoms with Gasteiger partial charge in [0.15, 0.2) is 0 Å². The number of nitrogens with zero attached hydrogens (tertiary/aromatic N) is 1. The average molecular weight is 341 g/mol. The van der Waals surface area contributed by atoms with Crippen molar-refractivity contribution in [2.75, 3.05) is 11.9 Å². The van der Waals surface area contributed by atoms with Gasteiger partial charge in [0.2, 0.25) is 0 Å². The van der Waals surface area contributed by atoms with Gasteiger partial charge in [-0.25, -0.2) is 4.79 Å². The number of rotatable bonds is 3. The van der Waals surface area contributed by atoms with Crippen LogP contribution in [0.5, 0.6) is 0 Å². The second-order valence-corrected chi connectivity index (χ2v) is 7.35. The molecule has 25 heavy (non-hydrogen) atoms. The molecule has 0 unspecified atom stereocenters.